The highest BCUT2D eigenvalue weighted by atomic mass is 32.2. The number of piperazine rings is 1. The van der Waals surface area contributed by atoms with Crippen molar-refractivity contribution in [1.82, 2.24) is 9.80 Å². The third kappa shape index (κ3) is 4.59. The number of hydrogen-bond donors (Lipinski definition) is 2. The zero-order valence-electron chi connectivity index (χ0n) is 16.4. The summed E-state index contributed by atoms with van der Waals surface area (Å²) >= 11 is 0. The van der Waals surface area contributed by atoms with Crippen molar-refractivity contribution < 1.29 is 26.4 Å². The lowest BCUT2D eigenvalue weighted by atomic mass is 10.0. The van der Waals surface area contributed by atoms with Crippen LogP contribution in [0, 0.1) is 17.5 Å². The predicted octanol–water partition coefficient (Wildman–Crippen LogP) is 2.95. The third-order valence-corrected chi connectivity index (χ3v) is 5.76. The van der Waals surface area contributed by atoms with E-state index in [0.29, 0.717) is 30.9 Å². The average molecular weight is 441 g/mol. The molecule has 0 saturated carbocycles. The number of carbonyl (C=O) groups excluding carboxylic acids is 1. The predicted molar refractivity (Wildman–Crippen MR) is 107 cm³/mol. The van der Waals surface area contributed by atoms with Crippen LogP contribution in [0.2, 0.25) is 0 Å². The Morgan fingerprint density at radius 1 is 1.07 bits per heavy atom. The van der Waals surface area contributed by atoms with Gasteiger partial charge in [0.2, 0.25) is 10.9 Å². The molecule has 162 valence electrons. The van der Waals surface area contributed by atoms with Crippen LogP contribution in [0.1, 0.15) is 35.8 Å². The lowest BCUT2D eigenvalue weighted by Crippen LogP contribution is -2.54. The van der Waals surface area contributed by atoms with E-state index >= 15 is 0 Å². The van der Waals surface area contributed by atoms with Crippen LogP contribution in [-0.4, -0.2) is 49.8 Å². The molecule has 0 radical (unpaired) electrons. The Kier molecular flexibility index (Phi) is 6.67. The first-order valence-corrected chi connectivity index (χ1v) is 10.6. The molecule has 1 amide bonds. The van der Waals surface area contributed by atoms with Gasteiger partial charge in [-0.05, 0) is 50.2 Å². The molecule has 2 aromatic rings. The Morgan fingerprint density at radius 2 is 1.70 bits per heavy atom. The van der Waals surface area contributed by atoms with Crippen molar-refractivity contribution in [3.8, 4) is 0 Å². The Balaban J connectivity index is 1.70. The van der Waals surface area contributed by atoms with E-state index in [2.05, 4.69) is 4.72 Å². The maximum Gasteiger partial charge on any atom is 0.254 e. The van der Waals surface area contributed by atoms with E-state index < -0.39 is 34.4 Å². The zero-order valence-corrected chi connectivity index (χ0v) is 17.3. The number of carbonyl (C=O) groups is 1. The van der Waals surface area contributed by atoms with Crippen LogP contribution in [0.15, 0.2) is 36.4 Å². The highest BCUT2D eigenvalue weighted by Crippen LogP contribution is 2.29. The van der Waals surface area contributed by atoms with Gasteiger partial charge in [-0.15, -0.1) is 0 Å². The summed E-state index contributed by atoms with van der Waals surface area (Å²) in [6.07, 6.45) is 0. The molecule has 1 fully saturated rings. The van der Waals surface area contributed by atoms with E-state index in [9.17, 15) is 26.4 Å². The molecular weight excluding hydrogens is 419 g/mol. The summed E-state index contributed by atoms with van der Waals surface area (Å²) in [5.74, 6) is -3.32. The smallest absolute Gasteiger partial charge is 0.254 e. The number of amides is 1. The lowest BCUT2D eigenvalue weighted by Gasteiger charge is -2.42. The fourth-order valence-electron chi connectivity index (χ4n) is 3.71. The monoisotopic (exact) mass is 441 g/mol. The Labute approximate surface area is 174 Å². The molecule has 2 aromatic carbocycles. The van der Waals surface area contributed by atoms with Gasteiger partial charge in [0, 0.05) is 48.5 Å². The maximum absolute atomic E-state index is 14.2. The topological polar surface area (TPSA) is 69.7 Å². The minimum Gasteiger partial charge on any atom is -0.333 e. The number of anilines is 1. The highest BCUT2D eigenvalue weighted by Gasteiger charge is 2.32. The van der Waals surface area contributed by atoms with Crippen LogP contribution in [-0.2, 0) is 10.9 Å². The summed E-state index contributed by atoms with van der Waals surface area (Å²) in [7, 11) is -2.79. The van der Waals surface area contributed by atoms with E-state index in [1.807, 2.05) is 11.8 Å². The van der Waals surface area contributed by atoms with Gasteiger partial charge < -0.3 is 4.90 Å². The minimum absolute atomic E-state index is 0.226. The van der Waals surface area contributed by atoms with Crippen molar-refractivity contribution >= 4 is 22.5 Å². The first-order chi connectivity index (χ1) is 14.2. The fraction of sp³-hybridized carbons (Fsp3) is 0.350. The van der Waals surface area contributed by atoms with Gasteiger partial charge in [0.1, 0.15) is 5.82 Å². The van der Waals surface area contributed by atoms with Gasteiger partial charge in [-0.1, -0.05) is 0 Å². The van der Waals surface area contributed by atoms with Crippen LogP contribution >= 0.6 is 0 Å². The standard InChI is InChI=1S/C20H22F3N3O3S/c1-12-11-25(13(2)18-16(21)7-8-17(22)19(18)23)9-10-26(12)20(27)14-3-5-15(6-4-14)24-30(28)29/h3-8,12-13,30H,9-11H2,1-2H3,(H,24,28,29)/t12-,13?/m1/s1. The lowest BCUT2D eigenvalue weighted by molar-refractivity contribution is 0.0397. The van der Waals surface area contributed by atoms with Gasteiger partial charge in [0.25, 0.3) is 5.91 Å². The molecule has 1 aliphatic heterocycles. The molecule has 30 heavy (non-hydrogen) atoms. The molecule has 1 unspecified atom stereocenters. The van der Waals surface area contributed by atoms with Crippen LogP contribution in [0.25, 0.3) is 0 Å². The number of hydrogen-bond acceptors (Lipinski definition) is 4. The van der Waals surface area contributed by atoms with Crippen molar-refractivity contribution in [2.24, 2.45) is 0 Å². The second-order valence-corrected chi connectivity index (χ2v) is 7.96. The Morgan fingerprint density at radius 3 is 2.30 bits per heavy atom. The first-order valence-electron chi connectivity index (χ1n) is 9.38. The van der Waals surface area contributed by atoms with Crippen LogP contribution in [0.5, 0.6) is 0 Å². The van der Waals surface area contributed by atoms with Gasteiger partial charge in [-0.25, -0.2) is 21.6 Å². The molecule has 1 N–H and O–H groups in total. The SMILES string of the molecule is CC(c1c(F)ccc(F)c1F)N1CCN(C(=O)c2ccc(N[SH](=O)=O)cc2)[C@H](C)C1. The summed E-state index contributed by atoms with van der Waals surface area (Å²) in [4.78, 5) is 16.3. The summed E-state index contributed by atoms with van der Waals surface area (Å²) in [5.41, 5.74) is 0.438. The van der Waals surface area contributed by atoms with E-state index in [4.69, 9.17) is 0 Å². The second kappa shape index (κ2) is 9.05. The van der Waals surface area contributed by atoms with Crippen molar-refractivity contribution in [3.05, 3.63) is 65.0 Å². The normalized spacial score (nSPS) is 18.5. The summed E-state index contributed by atoms with van der Waals surface area (Å²) in [6.45, 7) is 4.49. The molecule has 0 bridgehead atoms. The van der Waals surface area contributed by atoms with E-state index in [-0.39, 0.29) is 17.5 Å². The molecule has 0 aliphatic carbocycles. The first kappa shape index (κ1) is 22.1. The fourth-order valence-corrected chi connectivity index (χ4v) is 4.07. The number of rotatable bonds is 5. The minimum atomic E-state index is -2.79. The zero-order chi connectivity index (χ0) is 22.0. The third-order valence-electron chi connectivity index (χ3n) is 5.32. The van der Waals surface area contributed by atoms with Crippen molar-refractivity contribution in [2.75, 3.05) is 24.4 Å². The van der Waals surface area contributed by atoms with E-state index in [1.165, 1.54) is 24.3 Å². The molecular formula is C20H22F3N3O3S. The number of thiol groups is 1. The molecule has 0 aromatic heterocycles. The van der Waals surface area contributed by atoms with Crippen LogP contribution < -0.4 is 4.72 Å². The average Bonchev–Trinajstić information content (AvgIpc) is 2.70. The summed E-state index contributed by atoms with van der Waals surface area (Å²) < 4.78 is 65.5. The van der Waals surface area contributed by atoms with Crippen LogP contribution in [0.3, 0.4) is 0 Å². The molecule has 1 heterocycles. The summed E-state index contributed by atoms with van der Waals surface area (Å²) in [5, 5.41) is 0. The molecule has 1 saturated heterocycles. The number of nitrogens with one attached hydrogen (secondary N) is 1. The molecule has 0 spiro atoms. The van der Waals surface area contributed by atoms with Crippen molar-refractivity contribution in [1.29, 1.82) is 0 Å². The Bertz CT molecular complexity index is 1010. The van der Waals surface area contributed by atoms with Gasteiger partial charge in [-0.3, -0.25) is 14.4 Å². The molecule has 2 atom stereocenters. The highest BCUT2D eigenvalue weighted by molar-refractivity contribution is 7.73. The van der Waals surface area contributed by atoms with Gasteiger partial charge in [-0.2, -0.15) is 0 Å². The quantitative estimate of drug-likeness (QED) is 0.553. The molecule has 1 aliphatic rings. The van der Waals surface area contributed by atoms with Crippen molar-refractivity contribution in [2.45, 2.75) is 25.9 Å². The Hall–Kier alpha value is -2.59. The van der Waals surface area contributed by atoms with Gasteiger partial charge in [0.05, 0.1) is 0 Å². The van der Waals surface area contributed by atoms with Gasteiger partial charge in [0.15, 0.2) is 11.6 Å². The summed E-state index contributed by atoms with van der Waals surface area (Å²) in [6, 6.07) is 6.78. The maximum atomic E-state index is 14.2. The molecule has 6 nitrogen and oxygen atoms in total. The van der Waals surface area contributed by atoms with Gasteiger partial charge >= 0.3 is 0 Å². The number of halogens is 3. The number of benzene rings is 2. The van der Waals surface area contributed by atoms with E-state index in [0.717, 1.165) is 12.1 Å². The van der Waals surface area contributed by atoms with E-state index in [1.54, 1.807) is 11.8 Å². The van der Waals surface area contributed by atoms with Crippen molar-refractivity contribution in [3.63, 3.8) is 0 Å². The number of nitrogens with zero attached hydrogens (tertiary/aromatic N) is 2. The van der Waals surface area contributed by atoms with Crippen LogP contribution in [0.4, 0.5) is 18.9 Å². The molecule has 10 heteroatoms. The second-order valence-electron chi connectivity index (χ2n) is 7.22. The molecule has 3 rings (SSSR count). The largest absolute Gasteiger partial charge is 0.333 e.